The SMILES string of the molecule is Cc1cc(C(=O)NC(C)(C)C)cc(S(=O)(=O)Cl)c1Br. The number of rotatable bonds is 2. The number of nitrogens with one attached hydrogen (secondary N) is 1. The number of amides is 1. The van der Waals surface area contributed by atoms with Gasteiger partial charge in [0.05, 0.1) is 4.90 Å². The Bertz CT molecular complexity index is 621. The van der Waals surface area contributed by atoms with Crippen molar-refractivity contribution in [3.8, 4) is 0 Å². The van der Waals surface area contributed by atoms with Gasteiger partial charge in [0.2, 0.25) is 0 Å². The van der Waals surface area contributed by atoms with Crippen LogP contribution in [0.1, 0.15) is 36.7 Å². The molecular weight excluding hydrogens is 354 g/mol. The van der Waals surface area contributed by atoms with Gasteiger partial charge in [-0.25, -0.2) is 8.42 Å². The minimum Gasteiger partial charge on any atom is -0.347 e. The fraction of sp³-hybridized carbons (Fsp3) is 0.417. The Morgan fingerprint density at radius 1 is 1.32 bits per heavy atom. The Labute approximate surface area is 126 Å². The summed E-state index contributed by atoms with van der Waals surface area (Å²) < 4.78 is 23.3. The first kappa shape index (κ1) is 16.5. The van der Waals surface area contributed by atoms with E-state index in [1.54, 1.807) is 13.0 Å². The third kappa shape index (κ3) is 4.47. The number of halogens is 2. The molecule has 0 saturated heterocycles. The lowest BCUT2D eigenvalue weighted by Gasteiger charge is -2.21. The van der Waals surface area contributed by atoms with E-state index in [4.69, 9.17) is 10.7 Å². The minimum atomic E-state index is -3.91. The third-order valence-electron chi connectivity index (χ3n) is 2.23. The van der Waals surface area contributed by atoms with Crippen molar-refractivity contribution in [1.82, 2.24) is 5.32 Å². The van der Waals surface area contributed by atoms with Crippen LogP contribution in [0.15, 0.2) is 21.5 Å². The highest BCUT2D eigenvalue weighted by Crippen LogP contribution is 2.29. The van der Waals surface area contributed by atoms with E-state index in [2.05, 4.69) is 21.2 Å². The summed E-state index contributed by atoms with van der Waals surface area (Å²) >= 11 is 3.17. The molecule has 1 amide bonds. The van der Waals surface area contributed by atoms with Crippen LogP contribution in [0.4, 0.5) is 0 Å². The zero-order valence-electron chi connectivity index (χ0n) is 11.0. The van der Waals surface area contributed by atoms with E-state index >= 15 is 0 Å². The average Bonchev–Trinajstić information content (AvgIpc) is 2.17. The predicted octanol–water partition coefficient (Wildman–Crippen LogP) is 3.21. The average molecular weight is 369 g/mol. The predicted molar refractivity (Wildman–Crippen MR) is 79.1 cm³/mol. The van der Waals surface area contributed by atoms with Crippen LogP contribution in [0.5, 0.6) is 0 Å². The van der Waals surface area contributed by atoms with Gasteiger partial charge < -0.3 is 5.32 Å². The Hall–Kier alpha value is -0.590. The summed E-state index contributed by atoms with van der Waals surface area (Å²) in [6.45, 7) is 7.23. The van der Waals surface area contributed by atoms with Crippen molar-refractivity contribution < 1.29 is 13.2 Å². The molecule has 0 aliphatic rings. The highest BCUT2D eigenvalue weighted by atomic mass is 79.9. The lowest BCUT2D eigenvalue weighted by atomic mass is 10.1. The van der Waals surface area contributed by atoms with E-state index in [9.17, 15) is 13.2 Å². The maximum absolute atomic E-state index is 12.0. The topological polar surface area (TPSA) is 63.2 Å². The van der Waals surface area contributed by atoms with E-state index in [-0.39, 0.29) is 16.4 Å². The van der Waals surface area contributed by atoms with Crippen LogP contribution in [0.2, 0.25) is 0 Å². The molecule has 0 radical (unpaired) electrons. The molecule has 106 valence electrons. The molecule has 0 fully saturated rings. The second-order valence-electron chi connectivity index (χ2n) is 5.25. The summed E-state index contributed by atoms with van der Waals surface area (Å²) in [5.74, 6) is -0.343. The number of hydrogen-bond donors (Lipinski definition) is 1. The van der Waals surface area contributed by atoms with Crippen LogP contribution in [0, 0.1) is 6.92 Å². The van der Waals surface area contributed by atoms with Crippen molar-refractivity contribution >= 4 is 41.6 Å². The number of hydrogen-bond acceptors (Lipinski definition) is 3. The molecule has 0 unspecified atom stereocenters. The molecular formula is C12H15BrClNO3S. The van der Waals surface area contributed by atoms with Crippen molar-refractivity contribution in [3.63, 3.8) is 0 Å². The fourth-order valence-corrected chi connectivity index (χ4v) is 3.61. The second-order valence-corrected chi connectivity index (χ2v) is 8.57. The van der Waals surface area contributed by atoms with Crippen molar-refractivity contribution in [1.29, 1.82) is 0 Å². The van der Waals surface area contributed by atoms with E-state index in [0.29, 0.717) is 10.0 Å². The van der Waals surface area contributed by atoms with E-state index in [0.717, 1.165) is 0 Å². The summed E-state index contributed by atoms with van der Waals surface area (Å²) in [6.07, 6.45) is 0. The number of benzene rings is 1. The molecule has 1 N–H and O–H groups in total. The molecule has 0 spiro atoms. The molecule has 7 heteroatoms. The molecule has 0 aromatic heterocycles. The molecule has 0 heterocycles. The van der Waals surface area contributed by atoms with Gasteiger partial charge in [-0.1, -0.05) is 0 Å². The Kier molecular flexibility index (Phi) is 4.70. The first-order chi connectivity index (χ1) is 8.42. The monoisotopic (exact) mass is 367 g/mol. The maximum Gasteiger partial charge on any atom is 0.262 e. The highest BCUT2D eigenvalue weighted by Gasteiger charge is 2.21. The maximum atomic E-state index is 12.0. The quantitative estimate of drug-likeness (QED) is 0.815. The summed E-state index contributed by atoms with van der Waals surface area (Å²) in [5.41, 5.74) is 0.480. The van der Waals surface area contributed by atoms with Gasteiger partial charge in [-0.3, -0.25) is 4.79 Å². The molecule has 19 heavy (non-hydrogen) atoms. The van der Waals surface area contributed by atoms with Crippen molar-refractivity contribution in [2.24, 2.45) is 0 Å². The van der Waals surface area contributed by atoms with E-state index < -0.39 is 14.6 Å². The van der Waals surface area contributed by atoms with Gasteiger partial charge in [0.25, 0.3) is 15.0 Å². The largest absolute Gasteiger partial charge is 0.347 e. The van der Waals surface area contributed by atoms with E-state index in [1.807, 2.05) is 20.8 Å². The number of aryl methyl sites for hydroxylation is 1. The summed E-state index contributed by atoms with van der Waals surface area (Å²) in [4.78, 5) is 11.9. The third-order valence-corrected chi connectivity index (χ3v) is 4.90. The minimum absolute atomic E-state index is 0.103. The smallest absolute Gasteiger partial charge is 0.262 e. The van der Waals surface area contributed by atoms with Gasteiger partial charge in [-0.2, -0.15) is 0 Å². The van der Waals surface area contributed by atoms with Gasteiger partial charge in [0.1, 0.15) is 0 Å². The first-order valence-electron chi connectivity index (χ1n) is 5.49. The molecule has 0 saturated carbocycles. The van der Waals surface area contributed by atoms with Gasteiger partial charge >= 0.3 is 0 Å². The standard InChI is InChI=1S/C12H15BrClNO3S/c1-7-5-8(11(16)15-12(2,3)4)6-9(10(7)13)19(14,17)18/h5-6H,1-4H3,(H,15,16). The normalized spacial score (nSPS) is 12.3. The van der Waals surface area contributed by atoms with Crippen molar-refractivity contribution in [3.05, 3.63) is 27.7 Å². The molecule has 0 aliphatic heterocycles. The lowest BCUT2D eigenvalue weighted by Crippen LogP contribution is -2.40. The van der Waals surface area contributed by atoms with Crippen LogP contribution in [-0.4, -0.2) is 19.9 Å². The molecule has 1 rings (SSSR count). The van der Waals surface area contributed by atoms with Crippen molar-refractivity contribution in [2.75, 3.05) is 0 Å². The zero-order valence-corrected chi connectivity index (χ0v) is 14.2. The van der Waals surface area contributed by atoms with Crippen LogP contribution in [-0.2, 0) is 9.05 Å². The van der Waals surface area contributed by atoms with Crippen LogP contribution < -0.4 is 5.32 Å². The molecule has 0 bridgehead atoms. The van der Waals surface area contributed by atoms with E-state index in [1.165, 1.54) is 6.07 Å². The summed E-state index contributed by atoms with van der Waals surface area (Å²) in [5, 5.41) is 2.77. The summed E-state index contributed by atoms with van der Waals surface area (Å²) in [6, 6.07) is 2.87. The molecule has 0 aliphatic carbocycles. The van der Waals surface area contributed by atoms with Crippen molar-refractivity contribution in [2.45, 2.75) is 38.1 Å². The highest BCUT2D eigenvalue weighted by molar-refractivity contribution is 9.10. The van der Waals surface area contributed by atoms with Crippen LogP contribution >= 0.6 is 26.6 Å². The van der Waals surface area contributed by atoms with Crippen LogP contribution in [0.3, 0.4) is 0 Å². The fourth-order valence-electron chi connectivity index (χ4n) is 1.46. The van der Waals surface area contributed by atoms with Gasteiger partial charge in [0.15, 0.2) is 0 Å². The van der Waals surface area contributed by atoms with Crippen LogP contribution in [0.25, 0.3) is 0 Å². The molecule has 1 aromatic rings. The zero-order chi connectivity index (χ0) is 15.0. The Morgan fingerprint density at radius 2 is 1.84 bits per heavy atom. The molecule has 4 nitrogen and oxygen atoms in total. The number of carbonyl (C=O) groups is 1. The molecule has 1 aromatic carbocycles. The van der Waals surface area contributed by atoms with Gasteiger partial charge in [-0.05, 0) is 61.3 Å². The first-order valence-corrected chi connectivity index (χ1v) is 8.59. The summed E-state index contributed by atoms with van der Waals surface area (Å²) in [7, 11) is 1.45. The Balaban J connectivity index is 3.33. The second kappa shape index (κ2) is 5.42. The van der Waals surface area contributed by atoms with Gasteiger partial charge in [-0.15, -0.1) is 0 Å². The molecule has 0 atom stereocenters. The van der Waals surface area contributed by atoms with Gasteiger partial charge in [0, 0.05) is 26.3 Å². The Morgan fingerprint density at radius 3 is 2.26 bits per heavy atom. The number of carbonyl (C=O) groups excluding carboxylic acids is 1. The lowest BCUT2D eigenvalue weighted by molar-refractivity contribution is 0.0919.